The number of aryl methyl sites for hydroxylation is 2. The highest BCUT2D eigenvalue weighted by atomic mass is 16.1. The fourth-order valence-electron chi connectivity index (χ4n) is 3.39. The molecule has 1 N–H and O–H groups in total. The first-order chi connectivity index (χ1) is 14.1. The number of rotatable bonds is 5. The van der Waals surface area contributed by atoms with Crippen LogP contribution in [0, 0.1) is 13.8 Å². The Bertz CT molecular complexity index is 997. The summed E-state index contributed by atoms with van der Waals surface area (Å²) in [6.07, 6.45) is 0.908. The van der Waals surface area contributed by atoms with E-state index in [2.05, 4.69) is 54.4 Å². The lowest BCUT2D eigenvalue weighted by Crippen LogP contribution is -2.46. The molecule has 0 unspecified atom stereocenters. The number of carbonyl (C=O) groups excluding carboxylic acids is 1. The summed E-state index contributed by atoms with van der Waals surface area (Å²) >= 11 is 0. The molecular weight excluding hydrogens is 362 g/mol. The molecule has 2 heterocycles. The maximum absolute atomic E-state index is 11.0. The van der Waals surface area contributed by atoms with Crippen LogP contribution in [0.25, 0.3) is 11.3 Å². The quantitative estimate of drug-likeness (QED) is 0.675. The topological polar surface area (TPSA) is 61.4 Å². The summed E-state index contributed by atoms with van der Waals surface area (Å²) in [6, 6.07) is 18.4. The minimum absolute atomic E-state index is 0.683. The SMILES string of the molecule is Cc1ccc(Nc2cc(-c3ccccc3)nc(N3CCN(C=O)CC3)n2)cc1C. The molecule has 1 aliphatic heterocycles. The van der Waals surface area contributed by atoms with Crippen LogP contribution in [0.4, 0.5) is 17.5 Å². The Labute approximate surface area is 171 Å². The van der Waals surface area contributed by atoms with Gasteiger partial charge in [-0.2, -0.15) is 4.98 Å². The van der Waals surface area contributed by atoms with Crippen LogP contribution in [0.15, 0.2) is 54.6 Å². The van der Waals surface area contributed by atoms with Gasteiger partial charge < -0.3 is 15.1 Å². The highest BCUT2D eigenvalue weighted by Gasteiger charge is 2.19. The number of nitrogens with one attached hydrogen (secondary N) is 1. The number of amides is 1. The van der Waals surface area contributed by atoms with Crippen LogP contribution >= 0.6 is 0 Å². The van der Waals surface area contributed by atoms with Gasteiger partial charge in [-0.15, -0.1) is 0 Å². The Morgan fingerprint density at radius 2 is 1.66 bits per heavy atom. The van der Waals surface area contributed by atoms with Gasteiger partial charge in [0.15, 0.2) is 0 Å². The molecule has 1 aliphatic rings. The van der Waals surface area contributed by atoms with Crippen LogP contribution in [0.2, 0.25) is 0 Å². The fourth-order valence-corrected chi connectivity index (χ4v) is 3.39. The molecular formula is C23H25N5O. The zero-order chi connectivity index (χ0) is 20.2. The third kappa shape index (κ3) is 4.37. The zero-order valence-electron chi connectivity index (χ0n) is 16.8. The molecule has 0 spiro atoms. The lowest BCUT2D eigenvalue weighted by molar-refractivity contribution is -0.118. The molecule has 1 aromatic heterocycles. The van der Waals surface area contributed by atoms with E-state index < -0.39 is 0 Å². The van der Waals surface area contributed by atoms with Gasteiger partial charge in [-0.3, -0.25) is 4.79 Å². The predicted molar refractivity (Wildman–Crippen MR) is 117 cm³/mol. The second kappa shape index (κ2) is 8.31. The molecule has 3 aromatic rings. The summed E-state index contributed by atoms with van der Waals surface area (Å²) in [5.74, 6) is 1.44. The number of benzene rings is 2. The van der Waals surface area contributed by atoms with Crippen LogP contribution in [-0.2, 0) is 4.79 Å². The lowest BCUT2D eigenvalue weighted by atomic mass is 10.1. The smallest absolute Gasteiger partial charge is 0.228 e. The summed E-state index contributed by atoms with van der Waals surface area (Å²) < 4.78 is 0. The third-order valence-corrected chi connectivity index (χ3v) is 5.31. The molecule has 1 amide bonds. The van der Waals surface area contributed by atoms with E-state index in [1.54, 1.807) is 4.90 Å². The zero-order valence-corrected chi connectivity index (χ0v) is 16.8. The molecule has 29 heavy (non-hydrogen) atoms. The van der Waals surface area contributed by atoms with E-state index in [-0.39, 0.29) is 0 Å². The van der Waals surface area contributed by atoms with Crippen LogP contribution in [0.3, 0.4) is 0 Å². The van der Waals surface area contributed by atoms with E-state index >= 15 is 0 Å². The van der Waals surface area contributed by atoms with Gasteiger partial charge in [-0.25, -0.2) is 4.98 Å². The Hall–Kier alpha value is -3.41. The maximum Gasteiger partial charge on any atom is 0.228 e. The van der Waals surface area contributed by atoms with Crippen molar-refractivity contribution in [3.05, 3.63) is 65.7 Å². The van der Waals surface area contributed by atoms with Crippen molar-refractivity contribution in [3.8, 4) is 11.3 Å². The first-order valence-electron chi connectivity index (χ1n) is 9.85. The summed E-state index contributed by atoms with van der Waals surface area (Å²) in [5, 5.41) is 3.44. The highest BCUT2D eigenvalue weighted by molar-refractivity contribution is 5.68. The Balaban J connectivity index is 1.68. The average molecular weight is 387 g/mol. The van der Waals surface area contributed by atoms with E-state index in [0.717, 1.165) is 42.3 Å². The van der Waals surface area contributed by atoms with Crippen LogP contribution < -0.4 is 10.2 Å². The van der Waals surface area contributed by atoms with Gasteiger partial charge in [-0.05, 0) is 37.1 Å². The molecule has 0 atom stereocenters. The van der Waals surface area contributed by atoms with Crippen molar-refractivity contribution >= 4 is 23.9 Å². The Morgan fingerprint density at radius 1 is 0.897 bits per heavy atom. The molecule has 6 nitrogen and oxygen atoms in total. The lowest BCUT2D eigenvalue weighted by Gasteiger charge is -2.32. The Kier molecular flexibility index (Phi) is 5.42. The van der Waals surface area contributed by atoms with Crippen molar-refractivity contribution in [1.29, 1.82) is 0 Å². The van der Waals surface area contributed by atoms with E-state index in [1.807, 2.05) is 24.3 Å². The first-order valence-corrected chi connectivity index (χ1v) is 9.85. The van der Waals surface area contributed by atoms with Crippen molar-refractivity contribution in [3.63, 3.8) is 0 Å². The van der Waals surface area contributed by atoms with Crippen molar-refractivity contribution in [1.82, 2.24) is 14.9 Å². The fraction of sp³-hybridized carbons (Fsp3) is 0.261. The third-order valence-electron chi connectivity index (χ3n) is 5.31. The normalized spacial score (nSPS) is 14.0. The summed E-state index contributed by atoms with van der Waals surface area (Å²) in [4.78, 5) is 24.5. The second-order valence-corrected chi connectivity index (χ2v) is 7.36. The first kappa shape index (κ1) is 18.9. The standard InChI is InChI=1S/C23H25N5O/c1-17-8-9-20(14-18(17)2)24-22-15-21(19-6-4-3-5-7-19)25-23(26-22)28-12-10-27(16-29)11-13-28/h3-9,14-16H,10-13H2,1-2H3,(H,24,25,26). The molecule has 0 saturated carbocycles. The molecule has 6 heteroatoms. The van der Waals surface area contributed by atoms with Crippen molar-refractivity contribution in [2.75, 3.05) is 36.4 Å². The van der Waals surface area contributed by atoms with Gasteiger partial charge >= 0.3 is 0 Å². The molecule has 1 saturated heterocycles. The summed E-state index contributed by atoms with van der Waals surface area (Å²) in [7, 11) is 0. The van der Waals surface area contributed by atoms with Gasteiger partial charge in [0.1, 0.15) is 5.82 Å². The highest BCUT2D eigenvalue weighted by Crippen LogP contribution is 2.26. The summed E-state index contributed by atoms with van der Waals surface area (Å²) in [6.45, 7) is 7.02. The number of hydrogen-bond acceptors (Lipinski definition) is 5. The molecule has 2 aromatic carbocycles. The predicted octanol–water partition coefficient (Wildman–Crippen LogP) is 3.78. The number of aromatic nitrogens is 2. The number of carbonyl (C=O) groups is 1. The van der Waals surface area contributed by atoms with Crippen LogP contribution in [0.1, 0.15) is 11.1 Å². The van der Waals surface area contributed by atoms with Crippen molar-refractivity contribution < 1.29 is 4.79 Å². The molecule has 0 bridgehead atoms. The van der Waals surface area contributed by atoms with Gasteiger partial charge in [-0.1, -0.05) is 36.4 Å². The number of nitrogens with zero attached hydrogens (tertiary/aromatic N) is 4. The molecule has 4 rings (SSSR count). The van der Waals surface area contributed by atoms with Gasteiger partial charge in [0, 0.05) is 43.5 Å². The van der Waals surface area contributed by atoms with Crippen LogP contribution in [-0.4, -0.2) is 47.5 Å². The van der Waals surface area contributed by atoms with E-state index in [0.29, 0.717) is 19.0 Å². The monoisotopic (exact) mass is 387 g/mol. The number of anilines is 3. The molecule has 0 aliphatic carbocycles. The van der Waals surface area contributed by atoms with E-state index in [1.165, 1.54) is 11.1 Å². The molecule has 1 fully saturated rings. The maximum atomic E-state index is 11.0. The number of piperazine rings is 1. The van der Waals surface area contributed by atoms with Gasteiger partial charge in [0.2, 0.25) is 12.4 Å². The second-order valence-electron chi connectivity index (χ2n) is 7.36. The van der Waals surface area contributed by atoms with Crippen LogP contribution in [0.5, 0.6) is 0 Å². The van der Waals surface area contributed by atoms with Gasteiger partial charge in [0.05, 0.1) is 5.69 Å². The van der Waals surface area contributed by atoms with E-state index in [4.69, 9.17) is 9.97 Å². The van der Waals surface area contributed by atoms with Gasteiger partial charge in [0.25, 0.3) is 0 Å². The Morgan fingerprint density at radius 3 is 2.34 bits per heavy atom. The van der Waals surface area contributed by atoms with Crippen molar-refractivity contribution in [2.45, 2.75) is 13.8 Å². The minimum atomic E-state index is 0.683. The minimum Gasteiger partial charge on any atom is -0.342 e. The largest absolute Gasteiger partial charge is 0.342 e. The molecule has 148 valence electrons. The molecule has 0 radical (unpaired) electrons. The number of hydrogen-bond donors (Lipinski definition) is 1. The average Bonchev–Trinajstić information content (AvgIpc) is 2.77. The van der Waals surface area contributed by atoms with Crippen molar-refractivity contribution in [2.24, 2.45) is 0 Å². The van der Waals surface area contributed by atoms with E-state index in [9.17, 15) is 4.79 Å². The summed E-state index contributed by atoms with van der Waals surface area (Å²) in [5.41, 5.74) is 5.42.